The summed E-state index contributed by atoms with van der Waals surface area (Å²) in [5.74, 6) is 0.0444. The summed E-state index contributed by atoms with van der Waals surface area (Å²) in [5.41, 5.74) is 6.45. The lowest BCUT2D eigenvalue weighted by atomic mass is 10.2. The molecular formula is C15H12Cl2N2O2. The number of ether oxygens (including phenoxy) is 1. The first-order valence-electron chi connectivity index (χ1n) is 6.05. The Kier molecular flexibility index (Phi) is 5.20. The van der Waals surface area contributed by atoms with E-state index < -0.39 is 5.91 Å². The maximum Gasteiger partial charge on any atom is 0.255 e. The Balaban J connectivity index is 2.07. The van der Waals surface area contributed by atoms with E-state index in [-0.39, 0.29) is 6.61 Å². The van der Waals surface area contributed by atoms with Crippen LogP contribution in [0.5, 0.6) is 5.75 Å². The lowest BCUT2D eigenvalue weighted by molar-refractivity contribution is -0.119. The first kappa shape index (κ1) is 15.4. The molecule has 0 aliphatic carbocycles. The van der Waals surface area contributed by atoms with Crippen molar-refractivity contribution in [1.82, 2.24) is 0 Å². The highest BCUT2D eigenvalue weighted by Gasteiger charge is 2.02. The molecule has 2 N–H and O–H groups in total. The van der Waals surface area contributed by atoms with Crippen LogP contribution in [0.25, 0.3) is 0 Å². The Labute approximate surface area is 132 Å². The van der Waals surface area contributed by atoms with Gasteiger partial charge in [0, 0.05) is 6.21 Å². The zero-order chi connectivity index (χ0) is 15.2. The summed E-state index contributed by atoms with van der Waals surface area (Å²) in [7, 11) is 0. The van der Waals surface area contributed by atoms with Crippen molar-refractivity contribution in [3.63, 3.8) is 0 Å². The van der Waals surface area contributed by atoms with E-state index in [0.29, 0.717) is 21.5 Å². The van der Waals surface area contributed by atoms with Gasteiger partial charge in [0.2, 0.25) is 0 Å². The number of aliphatic imine (C=N–C) groups is 1. The zero-order valence-electron chi connectivity index (χ0n) is 10.9. The van der Waals surface area contributed by atoms with Gasteiger partial charge in [0.05, 0.1) is 15.7 Å². The maximum atomic E-state index is 10.6. The molecule has 0 aliphatic heterocycles. The number of carbonyl (C=O) groups is 1. The topological polar surface area (TPSA) is 64.7 Å². The molecule has 0 atom stereocenters. The average Bonchev–Trinajstić information content (AvgIpc) is 2.48. The number of carbonyl (C=O) groups excluding carboxylic acids is 1. The lowest BCUT2D eigenvalue weighted by Gasteiger charge is -2.03. The number of rotatable bonds is 5. The summed E-state index contributed by atoms with van der Waals surface area (Å²) < 4.78 is 5.16. The molecule has 21 heavy (non-hydrogen) atoms. The minimum atomic E-state index is -0.517. The molecule has 0 aromatic heterocycles. The molecule has 6 heteroatoms. The number of benzene rings is 2. The molecule has 0 saturated heterocycles. The largest absolute Gasteiger partial charge is 0.484 e. The molecule has 108 valence electrons. The number of amides is 1. The predicted molar refractivity (Wildman–Crippen MR) is 84.8 cm³/mol. The highest BCUT2D eigenvalue weighted by Crippen LogP contribution is 2.31. The highest BCUT2D eigenvalue weighted by molar-refractivity contribution is 6.43. The summed E-state index contributed by atoms with van der Waals surface area (Å²) in [6.45, 7) is -0.147. The predicted octanol–water partition coefficient (Wildman–Crippen LogP) is 3.61. The Morgan fingerprint density at radius 1 is 1.19 bits per heavy atom. The molecule has 2 aromatic carbocycles. The van der Waals surface area contributed by atoms with E-state index in [2.05, 4.69) is 4.99 Å². The van der Waals surface area contributed by atoms with Gasteiger partial charge in [0.25, 0.3) is 5.91 Å². The van der Waals surface area contributed by atoms with Gasteiger partial charge in [-0.05, 0) is 42.0 Å². The molecule has 4 nitrogen and oxygen atoms in total. The van der Waals surface area contributed by atoms with Crippen LogP contribution < -0.4 is 10.5 Å². The van der Waals surface area contributed by atoms with Gasteiger partial charge in [0.1, 0.15) is 5.75 Å². The Hall–Kier alpha value is -2.04. The fourth-order valence-corrected chi connectivity index (χ4v) is 1.89. The zero-order valence-corrected chi connectivity index (χ0v) is 12.4. The Morgan fingerprint density at radius 3 is 2.57 bits per heavy atom. The molecule has 1 amide bonds. The van der Waals surface area contributed by atoms with Crippen LogP contribution in [-0.2, 0) is 4.79 Å². The number of hydrogen-bond acceptors (Lipinski definition) is 3. The quantitative estimate of drug-likeness (QED) is 0.854. The summed E-state index contributed by atoms with van der Waals surface area (Å²) in [4.78, 5) is 14.9. The smallest absolute Gasteiger partial charge is 0.255 e. The van der Waals surface area contributed by atoms with Gasteiger partial charge >= 0.3 is 0 Å². The summed E-state index contributed by atoms with van der Waals surface area (Å²) in [5, 5.41) is 0.873. The van der Waals surface area contributed by atoms with Crippen LogP contribution in [-0.4, -0.2) is 18.7 Å². The molecule has 0 unspecified atom stereocenters. The van der Waals surface area contributed by atoms with Crippen LogP contribution >= 0.6 is 23.2 Å². The highest BCUT2D eigenvalue weighted by atomic mass is 35.5. The van der Waals surface area contributed by atoms with Gasteiger partial charge in [-0.15, -0.1) is 0 Å². The molecule has 0 radical (unpaired) electrons. The second-order valence-corrected chi connectivity index (χ2v) is 4.94. The Morgan fingerprint density at radius 2 is 1.90 bits per heavy atom. The van der Waals surface area contributed by atoms with E-state index in [1.807, 2.05) is 0 Å². The molecule has 0 heterocycles. The second-order valence-electron chi connectivity index (χ2n) is 4.16. The third-order valence-corrected chi connectivity index (χ3v) is 3.35. The number of halogens is 2. The Bertz CT molecular complexity index is 670. The van der Waals surface area contributed by atoms with Gasteiger partial charge in [-0.3, -0.25) is 9.79 Å². The molecule has 2 rings (SSSR count). The standard InChI is InChI=1S/C15H12Cl2N2O2/c16-12-2-1-3-13(15(12)17)19-8-10-4-6-11(7-5-10)21-9-14(18)20/h1-8H,9H2,(H2,18,20). The van der Waals surface area contributed by atoms with E-state index in [1.165, 1.54) is 0 Å². The number of primary amides is 1. The molecule has 0 saturated carbocycles. The first-order chi connectivity index (χ1) is 10.1. The SMILES string of the molecule is NC(=O)COc1ccc(C=Nc2cccc(Cl)c2Cl)cc1. The molecule has 0 aliphatic rings. The van der Waals surface area contributed by atoms with E-state index in [9.17, 15) is 4.79 Å². The second kappa shape index (κ2) is 7.11. The normalized spacial score (nSPS) is 10.8. The first-order valence-corrected chi connectivity index (χ1v) is 6.81. The van der Waals surface area contributed by atoms with Crippen molar-refractivity contribution in [2.75, 3.05) is 6.61 Å². The van der Waals surface area contributed by atoms with Crippen LogP contribution in [0.2, 0.25) is 10.0 Å². The third-order valence-electron chi connectivity index (χ3n) is 2.55. The maximum absolute atomic E-state index is 10.6. The van der Waals surface area contributed by atoms with Gasteiger partial charge in [-0.2, -0.15) is 0 Å². The van der Waals surface area contributed by atoms with Crippen molar-refractivity contribution >= 4 is 41.0 Å². The van der Waals surface area contributed by atoms with Gasteiger partial charge < -0.3 is 10.5 Å². The van der Waals surface area contributed by atoms with Crippen LogP contribution in [0.1, 0.15) is 5.56 Å². The summed E-state index contributed by atoms with van der Waals surface area (Å²) in [6.07, 6.45) is 1.66. The fourth-order valence-electron chi connectivity index (χ4n) is 1.54. The molecule has 0 spiro atoms. The monoisotopic (exact) mass is 322 g/mol. The summed E-state index contributed by atoms with van der Waals surface area (Å²) in [6, 6.07) is 12.3. The van der Waals surface area contributed by atoms with E-state index in [1.54, 1.807) is 48.7 Å². The molecule has 2 aromatic rings. The van der Waals surface area contributed by atoms with Crippen molar-refractivity contribution in [3.8, 4) is 5.75 Å². The molecule has 0 bridgehead atoms. The molecule has 0 fully saturated rings. The number of nitrogens with two attached hydrogens (primary N) is 1. The van der Waals surface area contributed by atoms with Crippen molar-refractivity contribution in [3.05, 3.63) is 58.1 Å². The minimum absolute atomic E-state index is 0.147. The van der Waals surface area contributed by atoms with Crippen LogP contribution in [0.15, 0.2) is 47.5 Å². The van der Waals surface area contributed by atoms with E-state index in [4.69, 9.17) is 33.7 Å². The molecular weight excluding hydrogens is 311 g/mol. The summed E-state index contributed by atoms with van der Waals surface area (Å²) >= 11 is 12.0. The van der Waals surface area contributed by atoms with Gasteiger partial charge in [-0.25, -0.2) is 0 Å². The van der Waals surface area contributed by atoms with Crippen molar-refractivity contribution < 1.29 is 9.53 Å². The van der Waals surface area contributed by atoms with Crippen molar-refractivity contribution in [2.45, 2.75) is 0 Å². The average molecular weight is 323 g/mol. The third kappa shape index (κ3) is 4.48. The van der Waals surface area contributed by atoms with Gasteiger partial charge in [0.15, 0.2) is 6.61 Å². The van der Waals surface area contributed by atoms with Crippen LogP contribution in [0, 0.1) is 0 Å². The fraction of sp³-hybridized carbons (Fsp3) is 0.0667. The number of hydrogen-bond donors (Lipinski definition) is 1. The van der Waals surface area contributed by atoms with Crippen molar-refractivity contribution in [1.29, 1.82) is 0 Å². The van der Waals surface area contributed by atoms with Gasteiger partial charge in [-0.1, -0.05) is 29.3 Å². The van der Waals surface area contributed by atoms with Crippen LogP contribution in [0.3, 0.4) is 0 Å². The van der Waals surface area contributed by atoms with Crippen LogP contribution in [0.4, 0.5) is 5.69 Å². The number of nitrogens with zero attached hydrogens (tertiary/aromatic N) is 1. The van der Waals surface area contributed by atoms with E-state index in [0.717, 1.165) is 5.56 Å². The van der Waals surface area contributed by atoms with Crippen molar-refractivity contribution in [2.24, 2.45) is 10.7 Å². The lowest BCUT2D eigenvalue weighted by Crippen LogP contribution is -2.19. The minimum Gasteiger partial charge on any atom is -0.484 e. The van der Waals surface area contributed by atoms with E-state index >= 15 is 0 Å².